The van der Waals surface area contributed by atoms with Gasteiger partial charge < -0.3 is 5.32 Å². The molecular weight excluding hydrogens is 361 g/mol. The van der Waals surface area contributed by atoms with E-state index >= 15 is 0 Å². The summed E-state index contributed by atoms with van der Waals surface area (Å²) in [5, 5.41) is 4.49. The Balaban J connectivity index is 2.24. The van der Waals surface area contributed by atoms with Gasteiger partial charge in [0.1, 0.15) is 0 Å². The van der Waals surface area contributed by atoms with Gasteiger partial charge in [-0.3, -0.25) is 9.97 Å². The molecule has 0 aliphatic carbocycles. The summed E-state index contributed by atoms with van der Waals surface area (Å²) in [6, 6.07) is 5.68. The Kier molecular flexibility index (Phi) is 5.78. The highest BCUT2D eigenvalue weighted by Gasteiger charge is 2.17. The maximum atomic E-state index is 6.24. The Labute approximate surface area is 136 Å². The topological polar surface area (TPSA) is 37.8 Å². The van der Waals surface area contributed by atoms with Crippen molar-refractivity contribution in [3.8, 4) is 0 Å². The fraction of sp³-hybridized carbons (Fsp3) is 0.286. The summed E-state index contributed by atoms with van der Waals surface area (Å²) >= 11 is 15.5. The van der Waals surface area contributed by atoms with Crippen molar-refractivity contribution in [3.05, 3.63) is 56.5 Å². The number of pyridine rings is 2. The molecule has 20 heavy (non-hydrogen) atoms. The third kappa shape index (κ3) is 4.16. The average molecular weight is 375 g/mol. The van der Waals surface area contributed by atoms with E-state index in [2.05, 4.69) is 31.2 Å². The Hall–Kier alpha value is -0.680. The van der Waals surface area contributed by atoms with Crippen molar-refractivity contribution in [3.63, 3.8) is 0 Å². The molecule has 2 aromatic rings. The molecule has 1 atom stereocenters. The monoisotopic (exact) mass is 373 g/mol. The number of likely N-dealkylation sites (N-methyl/N-ethyl adjacent to an activating group) is 1. The van der Waals surface area contributed by atoms with Gasteiger partial charge in [-0.1, -0.05) is 30.1 Å². The van der Waals surface area contributed by atoms with Gasteiger partial charge in [-0.05, 0) is 40.7 Å². The minimum absolute atomic E-state index is 0.0124. The first-order valence-corrected chi connectivity index (χ1v) is 7.79. The zero-order valence-corrected chi connectivity index (χ0v) is 14.0. The van der Waals surface area contributed by atoms with Crippen LogP contribution in [0.5, 0.6) is 0 Å². The molecule has 1 N–H and O–H groups in total. The Morgan fingerprint density at radius 1 is 1.25 bits per heavy atom. The van der Waals surface area contributed by atoms with Crippen LogP contribution in [0.3, 0.4) is 0 Å². The first kappa shape index (κ1) is 15.7. The predicted octanol–water partition coefficient (Wildman–Crippen LogP) is 4.44. The summed E-state index contributed by atoms with van der Waals surface area (Å²) in [6.45, 7) is 2.87. The largest absolute Gasteiger partial charge is 0.309 e. The standard InChI is InChI=1S/C14H14BrCl2N3/c1-2-18-13(6-11-4-3-9(15)7-19-11)14-12(17)5-10(16)8-20-14/h3-5,7-8,13,18H,2,6H2,1H3. The van der Waals surface area contributed by atoms with Crippen molar-refractivity contribution >= 4 is 39.1 Å². The quantitative estimate of drug-likeness (QED) is 0.840. The molecule has 0 aliphatic rings. The van der Waals surface area contributed by atoms with E-state index in [1.165, 1.54) is 0 Å². The fourth-order valence-corrected chi connectivity index (χ4v) is 2.68. The molecule has 0 aliphatic heterocycles. The molecule has 0 fully saturated rings. The molecule has 3 nitrogen and oxygen atoms in total. The molecule has 0 spiro atoms. The van der Waals surface area contributed by atoms with E-state index in [9.17, 15) is 0 Å². The van der Waals surface area contributed by atoms with Gasteiger partial charge in [0.05, 0.1) is 21.8 Å². The van der Waals surface area contributed by atoms with Crippen LogP contribution in [0.25, 0.3) is 0 Å². The predicted molar refractivity (Wildman–Crippen MR) is 86.3 cm³/mol. The number of aromatic nitrogens is 2. The van der Waals surface area contributed by atoms with E-state index < -0.39 is 0 Å². The lowest BCUT2D eigenvalue weighted by Gasteiger charge is -2.18. The van der Waals surface area contributed by atoms with Crippen LogP contribution in [0.2, 0.25) is 10.0 Å². The van der Waals surface area contributed by atoms with E-state index in [-0.39, 0.29) is 6.04 Å². The number of halogens is 3. The van der Waals surface area contributed by atoms with Crippen molar-refractivity contribution in [2.75, 3.05) is 6.54 Å². The number of rotatable bonds is 5. The summed E-state index contributed by atoms with van der Waals surface area (Å²) in [5.41, 5.74) is 1.77. The van der Waals surface area contributed by atoms with Crippen molar-refractivity contribution in [1.82, 2.24) is 15.3 Å². The Bertz CT molecular complexity index is 575. The molecular formula is C14H14BrCl2N3. The van der Waals surface area contributed by atoms with E-state index in [0.29, 0.717) is 10.0 Å². The zero-order valence-electron chi connectivity index (χ0n) is 10.9. The zero-order chi connectivity index (χ0) is 14.5. The van der Waals surface area contributed by atoms with Crippen LogP contribution in [0.1, 0.15) is 24.4 Å². The highest BCUT2D eigenvalue weighted by Crippen LogP contribution is 2.26. The maximum absolute atomic E-state index is 6.24. The first-order valence-electron chi connectivity index (χ1n) is 6.25. The van der Waals surface area contributed by atoms with Crippen molar-refractivity contribution < 1.29 is 0 Å². The van der Waals surface area contributed by atoms with Gasteiger partial charge in [-0.2, -0.15) is 0 Å². The van der Waals surface area contributed by atoms with E-state index in [1.54, 1.807) is 18.5 Å². The molecule has 0 saturated heterocycles. The van der Waals surface area contributed by atoms with E-state index in [0.717, 1.165) is 28.8 Å². The third-order valence-corrected chi connectivity index (χ3v) is 3.80. The van der Waals surface area contributed by atoms with Crippen LogP contribution < -0.4 is 5.32 Å². The molecule has 2 rings (SSSR count). The highest BCUT2D eigenvalue weighted by atomic mass is 79.9. The molecule has 0 amide bonds. The molecule has 0 bridgehead atoms. The molecule has 2 heterocycles. The lowest BCUT2D eigenvalue weighted by atomic mass is 10.1. The van der Waals surface area contributed by atoms with E-state index in [1.807, 2.05) is 19.1 Å². The second-order valence-electron chi connectivity index (χ2n) is 4.30. The van der Waals surface area contributed by atoms with Crippen molar-refractivity contribution in [2.45, 2.75) is 19.4 Å². The second-order valence-corrected chi connectivity index (χ2v) is 6.06. The minimum atomic E-state index is 0.0124. The Morgan fingerprint density at radius 3 is 2.65 bits per heavy atom. The molecule has 6 heteroatoms. The van der Waals surface area contributed by atoms with Gasteiger partial charge in [0.25, 0.3) is 0 Å². The van der Waals surface area contributed by atoms with Crippen LogP contribution in [0.15, 0.2) is 35.1 Å². The number of hydrogen-bond donors (Lipinski definition) is 1. The van der Waals surface area contributed by atoms with Gasteiger partial charge in [0.2, 0.25) is 0 Å². The Morgan fingerprint density at radius 2 is 2.05 bits per heavy atom. The molecule has 0 radical (unpaired) electrons. The highest BCUT2D eigenvalue weighted by molar-refractivity contribution is 9.10. The minimum Gasteiger partial charge on any atom is -0.309 e. The van der Waals surface area contributed by atoms with Crippen LogP contribution in [-0.2, 0) is 6.42 Å². The fourth-order valence-electron chi connectivity index (χ4n) is 1.93. The average Bonchev–Trinajstić information content (AvgIpc) is 2.41. The first-order chi connectivity index (χ1) is 9.60. The molecule has 1 unspecified atom stereocenters. The van der Waals surface area contributed by atoms with Crippen molar-refractivity contribution in [2.24, 2.45) is 0 Å². The third-order valence-electron chi connectivity index (χ3n) is 2.82. The summed E-state index contributed by atoms with van der Waals surface area (Å²) in [7, 11) is 0. The van der Waals surface area contributed by atoms with Gasteiger partial charge >= 0.3 is 0 Å². The van der Waals surface area contributed by atoms with Crippen LogP contribution >= 0.6 is 39.1 Å². The molecule has 2 aromatic heterocycles. The number of hydrogen-bond acceptors (Lipinski definition) is 3. The summed E-state index contributed by atoms with van der Waals surface area (Å²) in [5.74, 6) is 0. The normalized spacial score (nSPS) is 12.4. The van der Waals surface area contributed by atoms with Crippen molar-refractivity contribution in [1.29, 1.82) is 0 Å². The van der Waals surface area contributed by atoms with Crippen LogP contribution in [-0.4, -0.2) is 16.5 Å². The summed E-state index contributed by atoms with van der Waals surface area (Å²) in [6.07, 6.45) is 4.12. The van der Waals surface area contributed by atoms with E-state index in [4.69, 9.17) is 23.2 Å². The SMILES string of the molecule is CCNC(Cc1ccc(Br)cn1)c1ncc(Cl)cc1Cl. The summed E-state index contributed by atoms with van der Waals surface area (Å²) in [4.78, 5) is 8.74. The maximum Gasteiger partial charge on any atom is 0.0764 e. The van der Waals surface area contributed by atoms with Crippen LogP contribution in [0, 0.1) is 0 Å². The van der Waals surface area contributed by atoms with Gasteiger partial charge in [-0.15, -0.1) is 0 Å². The smallest absolute Gasteiger partial charge is 0.0764 e. The number of nitrogens with one attached hydrogen (secondary N) is 1. The van der Waals surface area contributed by atoms with Gasteiger partial charge in [0.15, 0.2) is 0 Å². The lowest BCUT2D eigenvalue weighted by molar-refractivity contribution is 0.531. The lowest BCUT2D eigenvalue weighted by Crippen LogP contribution is -2.24. The van der Waals surface area contributed by atoms with Gasteiger partial charge in [0, 0.05) is 29.0 Å². The summed E-state index contributed by atoms with van der Waals surface area (Å²) < 4.78 is 0.962. The molecule has 0 aromatic carbocycles. The molecule has 106 valence electrons. The van der Waals surface area contributed by atoms with Gasteiger partial charge in [-0.25, -0.2) is 0 Å². The van der Waals surface area contributed by atoms with Crippen LogP contribution in [0.4, 0.5) is 0 Å². The molecule has 0 saturated carbocycles. The number of nitrogens with zero attached hydrogens (tertiary/aromatic N) is 2. The second kappa shape index (κ2) is 7.36.